The smallest absolute Gasteiger partial charge is 0.253 e. The molecule has 98 valence electrons. The highest BCUT2D eigenvalue weighted by Gasteiger charge is 2.20. The minimum Gasteiger partial charge on any atom is -0.397 e. The van der Waals surface area contributed by atoms with Gasteiger partial charge in [0.15, 0.2) is 0 Å². The Morgan fingerprint density at radius 3 is 3.17 bits per heavy atom. The number of amides is 1. The number of anilines is 1. The van der Waals surface area contributed by atoms with Crippen molar-refractivity contribution in [3.8, 4) is 0 Å². The van der Waals surface area contributed by atoms with Crippen molar-refractivity contribution < 1.29 is 4.79 Å². The van der Waals surface area contributed by atoms with Crippen LogP contribution in [0, 0.1) is 0 Å². The Labute approximate surface area is 111 Å². The van der Waals surface area contributed by atoms with E-state index in [1.807, 2.05) is 0 Å². The van der Waals surface area contributed by atoms with Crippen LogP contribution < -0.4 is 11.1 Å². The van der Waals surface area contributed by atoms with Crippen LogP contribution in [0.2, 0.25) is 5.15 Å². The topological polar surface area (TPSA) is 71.2 Å². The van der Waals surface area contributed by atoms with Crippen molar-refractivity contribution in [2.24, 2.45) is 0 Å². The molecule has 0 aromatic carbocycles. The lowest BCUT2D eigenvalue weighted by molar-refractivity contribution is 0.0913. The van der Waals surface area contributed by atoms with Crippen molar-refractivity contribution in [3.05, 3.63) is 23.0 Å². The fourth-order valence-corrected chi connectivity index (χ4v) is 2.34. The number of likely N-dealkylation sites (N-methyl/N-ethyl adjacent to an activating group) is 1. The van der Waals surface area contributed by atoms with Crippen LogP contribution in [-0.4, -0.2) is 42.0 Å². The molecule has 2 rings (SSSR count). The monoisotopic (exact) mass is 268 g/mol. The number of pyridine rings is 1. The van der Waals surface area contributed by atoms with E-state index in [0.717, 1.165) is 25.9 Å². The third-order valence-electron chi connectivity index (χ3n) is 3.11. The number of likely N-dealkylation sites (tertiary alicyclic amines) is 1. The molecule has 0 radical (unpaired) electrons. The summed E-state index contributed by atoms with van der Waals surface area (Å²) in [6.07, 6.45) is 3.49. The van der Waals surface area contributed by atoms with Crippen molar-refractivity contribution in [2.75, 3.05) is 25.9 Å². The zero-order chi connectivity index (χ0) is 13.1. The molecular formula is C12H17ClN4O. The van der Waals surface area contributed by atoms with Crippen molar-refractivity contribution in [3.63, 3.8) is 0 Å². The third-order valence-corrected chi connectivity index (χ3v) is 3.31. The standard InChI is InChI=1S/C12H17ClN4O/c1-17-4-2-3-8(7-17)16-12(18)9-5-11(13)15-6-10(9)14/h5-6,8H,2-4,7,14H2,1H3,(H,16,18). The maximum absolute atomic E-state index is 12.1. The maximum Gasteiger partial charge on any atom is 0.253 e. The van der Waals surface area contributed by atoms with Gasteiger partial charge in [0, 0.05) is 12.6 Å². The molecule has 1 aliphatic heterocycles. The summed E-state index contributed by atoms with van der Waals surface area (Å²) in [7, 11) is 2.05. The van der Waals surface area contributed by atoms with E-state index in [0.29, 0.717) is 11.3 Å². The number of hydrogen-bond acceptors (Lipinski definition) is 4. The Hall–Kier alpha value is -1.33. The molecule has 1 aliphatic rings. The van der Waals surface area contributed by atoms with Crippen molar-refractivity contribution in [2.45, 2.75) is 18.9 Å². The Morgan fingerprint density at radius 2 is 2.44 bits per heavy atom. The third kappa shape index (κ3) is 3.11. The molecule has 0 bridgehead atoms. The Balaban J connectivity index is 2.05. The van der Waals surface area contributed by atoms with Gasteiger partial charge in [-0.1, -0.05) is 11.6 Å². The van der Waals surface area contributed by atoms with Crippen molar-refractivity contribution in [1.29, 1.82) is 0 Å². The average Bonchev–Trinajstić information content (AvgIpc) is 2.32. The largest absolute Gasteiger partial charge is 0.397 e. The van der Waals surface area contributed by atoms with Gasteiger partial charge in [-0.15, -0.1) is 0 Å². The van der Waals surface area contributed by atoms with Crippen LogP contribution in [-0.2, 0) is 0 Å². The lowest BCUT2D eigenvalue weighted by atomic mass is 10.1. The molecular weight excluding hydrogens is 252 g/mol. The Bertz CT molecular complexity index is 452. The summed E-state index contributed by atoms with van der Waals surface area (Å²) in [5, 5.41) is 3.26. The van der Waals surface area contributed by atoms with E-state index >= 15 is 0 Å². The number of nitrogen functional groups attached to an aromatic ring is 1. The zero-order valence-corrected chi connectivity index (χ0v) is 11.1. The van der Waals surface area contributed by atoms with Crippen LogP contribution >= 0.6 is 11.6 Å². The molecule has 3 N–H and O–H groups in total. The lowest BCUT2D eigenvalue weighted by Crippen LogP contribution is -2.46. The van der Waals surface area contributed by atoms with Crippen LogP contribution in [0.5, 0.6) is 0 Å². The van der Waals surface area contributed by atoms with E-state index in [1.54, 1.807) is 0 Å². The van der Waals surface area contributed by atoms with Crippen LogP contribution in [0.25, 0.3) is 0 Å². The first-order valence-electron chi connectivity index (χ1n) is 5.96. The summed E-state index contributed by atoms with van der Waals surface area (Å²) in [5.41, 5.74) is 6.47. The first kappa shape index (κ1) is 13.1. The van der Waals surface area contributed by atoms with Gasteiger partial charge in [0.25, 0.3) is 5.91 Å². The molecule has 0 aliphatic carbocycles. The van der Waals surface area contributed by atoms with Gasteiger partial charge in [-0.25, -0.2) is 4.98 Å². The summed E-state index contributed by atoms with van der Waals surface area (Å²) in [6.45, 7) is 1.94. The second-order valence-corrected chi connectivity index (χ2v) is 5.06. The van der Waals surface area contributed by atoms with E-state index in [-0.39, 0.29) is 17.1 Å². The van der Waals surface area contributed by atoms with Crippen LogP contribution in [0.3, 0.4) is 0 Å². The fourth-order valence-electron chi connectivity index (χ4n) is 2.18. The molecule has 5 nitrogen and oxygen atoms in total. The molecule has 1 amide bonds. The van der Waals surface area contributed by atoms with E-state index in [1.165, 1.54) is 12.3 Å². The first-order chi connectivity index (χ1) is 8.56. The number of nitrogens with two attached hydrogens (primary N) is 1. The Morgan fingerprint density at radius 1 is 1.67 bits per heavy atom. The number of carbonyl (C=O) groups is 1. The number of halogens is 1. The van der Waals surface area contributed by atoms with Gasteiger partial charge in [0.05, 0.1) is 17.4 Å². The van der Waals surface area contributed by atoms with Gasteiger partial charge in [-0.2, -0.15) is 0 Å². The fraction of sp³-hybridized carbons (Fsp3) is 0.500. The van der Waals surface area contributed by atoms with Gasteiger partial charge in [-0.05, 0) is 32.5 Å². The second-order valence-electron chi connectivity index (χ2n) is 4.67. The molecule has 1 aromatic rings. The number of nitrogens with zero attached hydrogens (tertiary/aromatic N) is 2. The van der Waals surface area contributed by atoms with E-state index in [9.17, 15) is 4.79 Å². The van der Waals surface area contributed by atoms with Crippen molar-refractivity contribution >= 4 is 23.2 Å². The maximum atomic E-state index is 12.1. The Kier molecular flexibility index (Phi) is 4.04. The highest BCUT2D eigenvalue weighted by Crippen LogP contribution is 2.16. The van der Waals surface area contributed by atoms with Gasteiger partial charge >= 0.3 is 0 Å². The molecule has 1 atom stereocenters. The average molecular weight is 269 g/mol. The van der Waals surface area contributed by atoms with Gasteiger partial charge in [0.1, 0.15) is 5.15 Å². The lowest BCUT2D eigenvalue weighted by Gasteiger charge is -2.30. The highest BCUT2D eigenvalue weighted by atomic mass is 35.5. The highest BCUT2D eigenvalue weighted by molar-refractivity contribution is 6.29. The number of aromatic nitrogens is 1. The van der Waals surface area contributed by atoms with E-state index in [2.05, 4.69) is 22.2 Å². The second kappa shape index (κ2) is 5.54. The summed E-state index contributed by atoms with van der Waals surface area (Å²) < 4.78 is 0. The van der Waals surface area contributed by atoms with Gasteiger partial charge in [0.2, 0.25) is 0 Å². The van der Waals surface area contributed by atoms with Crippen LogP contribution in [0.4, 0.5) is 5.69 Å². The number of carbonyl (C=O) groups excluding carboxylic acids is 1. The summed E-state index contributed by atoms with van der Waals surface area (Å²) in [6, 6.07) is 1.67. The van der Waals surface area contributed by atoms with E-state index in [4.69, 9.17) is 17.3 Å². The van der Waals surface area contributed by atoms with Gasteiger partial charge in [-0.3, -0.25) is 4.79 Å². The molecule has 1 saturated heterocycles. The van der Waals surface area contributed by atoms with E-state index < -0.39 is 0 Å². The SMILES string of the molecule is CN1CCCC(NC(=O)c2cc(Cl)ncc2N)C1. The molecule has 1 fully saturated rings. The molecule has 2 heterocycles. The first-order valence-corrected chi connectivity index (χ1v) is 6.34. The predicted octanol–water partition coefficient (Wildman–Crippen LogP) is 1.14. The molecule has 0 spiro atoms. The quantitative estimate of drug-likeness (QED) is 0.789. The predicted molar refractivity (Wildman–Crippen MR) is 71.6 cm³/mol. The normalized spacial score (nSPS) is 20.7. The molecule has 0 saturated carbocycles. The zero-order valence-electron chi connectivity index (χ0n) is 10.3. The molecule has 1 aromatic heterocycles. The number of hydrogen-bond donors (Lipinski definition) is 2. The molecule has 18 heavy (non-hydrogen) atoms. The number of rotatable bonds is 2. The summed E-state index contributed by atoms with van der Waals surface area (Å²) in [4.78, 5) is 18.1. The summed E-state index contributed by atoms with van der Waals surface area (Å²) in [5.74, 6) is -0.183. The number of nitrogens with one attached hydrogen (secondary N) is 1. The molecule has 1 unspecified atom stereocenters. The summed E-state index contributed by atoms with van der Waals surface area (Å²) >= 11 is 5.77. The van der Waals surface area contributed by atoms with Crippen LogP contribution in [0.1, 0.15) is 23.2 Å². The minimum absolute atomic E-state index is 0.169. The molecule has 6 heteroatoms. The number of piperidine rings is 1. The van der Waals surface area contributed by atoms with Crippen LogP contribution in [0.15, 0.2) is 12.3 Å². The van der Waals surface area contributed by atoms with Crippen molar-refractivity contribution in [1.82, 2.24) is 15.2 Å². The minimum atomic E-state index is -0.183. The van der Waals surface area contributed by atoms with Gasteiger partial charge < -0.3 is 16.0 Å².